The molecule has 0 aliphatic carbocycles. The second-order valence-corrected chi connectivity index (χ2v) is 6.65. The predicted octanol–water partition coefficient (Wildman–Crippen LogP) is 3.15. The monoisotopic (exact) mass is 314 g/mol. The van der Waals surface area contributed by atoms with E-state index in [2.05, 4.69) is 34.7 Å². The molecule has 0 saturated carbocycles. The number of likely N-dealkylation sites (tertiary alicyclic amines) is 1. The van der Waals surface area contributed by atoms with Gasteiger partial charge in [-0.25, -0.2) is 4.39 Å². The molecule has 1 aliphatic rings. The van der Waals surface area contributed by atoms with Crippen LogP contribution in [0.25, 0.3) is 0 Å². The van der Waals surface area contributed by atoms with E-state index in [1.807, 2.05) is 6.07 Å². The molecule has 1 heterocycles. The quantitative estimate of drug-likeness (QED) is 0.908. The molecule has 1 unspecified atom stereocenters. The second kappa shape index (κ2) is 5.27. The maximum Gasteiger partial charge on any atom is 0.128 e. The van der Waals surface area contributed by atoms with Gasteiger partial charge in [-0.2, -0.15) is 0 Å². The molecule has 1 aromatic rings. The van der Waals surface area contributed by atoms with E-state index in [1.54, 1.807) is 6.07 Å². The molecule has 0 spiro atoms. The van der Waals surface area contributed by atoms with Gasteiger partial charge in [0.25, 0.3) is 0 Å². The molecule has 2 N–H and O–H groups in total. The number of nitrogens with zero attached hydrogens (tertiary/aromatic N) is 1. The number of benzene rings is 1. The Bertz CT molecular complexity index is 414. The third-order valence-electron chi connectivity index (χ3n) is 3.83. The Kier molecular flexibility index (Phi) is 4.09. The van der Waals surface area contributed by atoms with Crippen molar-refractivity contribution in [3.8, 4) is 0 Å². The number of halogens is 2. The van der Waals surface area contributed by atoms with E-state index < -0.39 is 0 Å². The fraction of sp³-hybridized carbons (Fsp3) is 0.571. The van der Waals surface area contributed by atoms with Crippen LogP contribution in [0.1, 0.15) is 25.8 Å². The molecule has 0 amide bonds. The molecule has 0 aromatic heterocycles. The van der Waals surface area contributed by atoms with Crippen LogP contribution >= 0.6 is 15.9 Å². The molecule has 1 atom stereocenters. The summed E-state index contributed by atoms with van der Waals surface area (Å²) < 4.78 is 14.6. The van der Waals surface area contributed by atoms with Crippen LogP contribution in [0.4, 0.5) is 4.39 Å². The van der Waals surface area contributed by atoms with Crippen molar-refractivity contribution in [2.45, 2.75) is 32.9 Å². The Hall–Kier alpha value is -0.450. The molecular formula is C14H20BrFN2. The minimum absolute atomic E-state index is 0.0932. The fourth-order valence-corrected chi connectivity index (χ4v) is 2.99. The van der Waals surface area contributed by atoms with Gasteiger partial charge < -0.3 is 5.73 Å². The summed E-state index contributed by atoms with van der Waals surface area (Å²) in [7, 11) is 0. The lowest BCUT2D eigenvalue weighted by atomic mass is 9.79. The van der Waals surface area contributed by atoms with Crippen molar-refractivity contribution in [2.75, 3.05) is 13.1 Å². The number of hydrogen-bond donors (Lipinski definition) is 1. The van der Waals surface area contributed by atoms with Crippen LogP contribution in [0.5, 0.6) is 0 Å². The smallest absolute Gasteiger partial charge is 0.128 e. The highest BCUT2D eigenvalue weighted by Gasteiger charge is 2.33. The van der Waals surface area contributed by atoms with Gasteiger partial charge in [0.05, 0.1) is 0 Å². The molecule has 2 rings (SSSR count). The highest BCUT2D eigenvalue weighted by molar-refractivity contribution is 9.10. The second-order valence-electron chi connectivity index (χ2n) is 5.79. The van der Waals surface area contributed by atoms with Crippen LogP contribution in [0.3, 0.4) is 0 Å². The van der Waals surface area contributed by atoms with E-state index >= 15 is 0 Å². The maximum absolute atomic E-state index is 13.8. The van der Waals surface area contributed by atoms with Crippen molar-refractivity contribution in [3.05, 3.63) is 34.1 Å². The number of piperidine rings is 1. The standard InChI is InChI=1S/C14H20BrFN2/c1-14(2)9-18(7-6-13(14)17)8-10-11(15)4-3-5-12(10)16/h3-5,13H,6-9,17H2,1-2H3. The van der Waals surface area contributed by atoms with Crippen molar-refractivity contribution in [3.63, 3.8) is 0 Å². The van der Waals surface area contributed by atoms with Gasteiger partial charge in [-0.1, -0.05) is 35.8 Å². The van der Waals surface area contributed by atoms with Crippen LogP contribution in [-0.2, 0) is 6.54 Å². The lowest BCUT2D eigenvalue weighted by Gasteiger charge is -2.42. The van der Waals surface area contributed by atoms with Crippen molar-refractivity contribution >= 4 is 15.9 Å². The molecular weight excluding hydrogens is 295 g/mol. The highest BCUT2D eigenvalue weighted by atomic mass is 79.9. The summed E-state index contributed by atoms with van der Waals surface area (Å²) in [5.74, 6) is -0.142. The Morgan fingerprint density at radius 3 is 2.83 bits per heavy atom. The summed E-state index contributed by atoms with van der Waals surface area (Å²) >= 11 is 3.42. The highest BCUT2D eigenvalue weighted by Crippen LogP contribution is 2.30. The predicted molar refractivity (Wildman–Crippen MR) is 75.8 cm³/mol. The Balaban J connectivity index is 2.11. The van der Waals surface area contributed by atoms with Crippen molar-refractivity contribution < 1.29 is 4.39 Å². The Morgan fingerprint density at radius 1 is 1.50 bits per heavy atom. The first-order valence-corrected chi connectivity index (χ1v) is 7.10. The minimum atomic E-state index is -0.142. The molecule has 1 saturated heterocycles. The molecule has 18 heavy (non-hydrogen) atoms. The SMILES string of the molecule is CC1(C)CN(Cc2c(F)cccc2Br)CCC1N. The molecule has 0 bridgehead atoms. The van der Waals surface area contributed by atoms with Crippen molar-refractivity contribution in [1.29, 1.82) is 0 Å². The van der Waals surface area contributed by atoms with E-state index in [4.69, 9.17) is 5.73 Å². The number of nitrogens with two attached hydrogens (primary N) is 1. The van der Waals surface area contributed by atoms with E-state index in [-0.39, 0.29) is 17.3 Å². The summed E-state index contributed by atoms with van der Waals surface area (Å²) in [5.41, 5.74) is 6.95. The third-order valence-corrected chi connectivity index (χ3v) is 4.58. The van der Waals surface area contributed by atoms with Crippen molar-refractivity contribution in [2.24, 2.45) is 11.1 Å². The molecule has 1 aromatic carbocycles. The largest absolute Gasteiger partial charge is 0.327 e. The molecule has 1 aliphatic heterocycles. The van der Waals surface area contributed by atoms with E-state index in [0.29, 0.717) is 6.54 Å². The number of hydrogen-bond acceptors (Lipinski definition) is 2. The lowest BCUT2D eigenvalue weighted by molar-refractivity contribution is 0.0888. The third kappa shape index (κ3) is 2.92. The summed E-state index contributed by atoms with van der Waals surface area (Å²) in [6.07, 6.45) is 0.971. The van der Waals surface area contributed by atoms with Gasteiger partial charge in [-0.05, 0) is 24.0 Å². The first kappa shape index (κ1) is 14.0. The zero-order valence-corrected chi connectivity index (χ0v) is 12.5. The minimum Gasteiger partial charge on any atom is -0.327 e. The summed E-state index contributed by atoms with van der Waals surface area (Å²) in [6, 6.07) is 5.36. The zero-order valence-electron chi connectivity index (χ0n) is 10.9. The average Bonchev–Trinajstić information content (AvgIpc) is 2.28. The first-order chi connectivity index (χ1) is 8.40. The lowest BCUT2D eigenvalue weighted by Crippen LogP contribution is -2.52. The summed E-state index contributed by atoms with van der Waals surface area (Å²) in [5, 5.41) is 0. The van der Waals surface area contributed by atoms with E-state index in [1.165, 1.54) is 6.07 Å². The van der Waals surface area contributed by atoms with Crippen molar-refractivity contribution in [1.82, 2.24) is 4.90 Å². The molecule has 2 nitrogen and oxygen atoms in total. The first-order valence-electron chi connectivity index (χ1n) is 6.31. The fourth-order valence-electron chi connectivity index (χ4n) is 2.53. The average molecular weight is 315 g/mol. The molecule has 100 valence electrons. The van der Waals surface area contributed by atoms with Gasteiger partial charge in [0.15, 0.2) is 0 Å². The van der Waals surface area contributed by atoms with Gasteiger partial charge in [0.2, 0.25) is 0 Å². The normalized spacial score (nSPS) is 24.2. The molecule has 1 fully saturated rings. The van der Waals surface area contributed by atoms with Crippen LogP contribution in [0.15, 0.2) is 22.7 Å². The van der Waals surface area contributed by atoms with Gasteiger partial charge in [-0.3, -0.25) is 4.90 Å². The van der Waals surface area contributed by atoms with Crippen LogP contribution < -0.4 is 5.73 Å². The van der Waals surface area contributed by atoms with E-state index in [0.717, 1.165) is 29.5 Å². The Morgan fingerprint density at radius 2 is 2.22 bits per heavy atom. The van der Waals surface area contributed by atoms with Gasteiger partial charge >= 0.3 is 0 Å². The zero-order chi connectivity index (χ0) is 13.3. The molecule has 4 heteroatoms. The summed E-state index contributed by atoms with van der Waals surface area (Å²) in [4.78, 5) is 2.28. The van der Waals surface area contributed by atoms with Gasteiger partial charge in [0.1, 0.15) is 5.82 Å². The Labute approximate surface area is 116 Å². The van der Waals surface area contributed by atoms with Crippen LogP contribution in [0, 0.1) is 11.2 Å². The van der Waals surface area contributed by atoms with E-state index in [9.17, 15) is 4.39 Å². The van der Waals surface area contributed by atoms with Gasteiger partial charge in [0, 0.05) is 35.7 Å². The topological polar surface area (TPSA) is 29.3 Å². The summed E-state index contributed by atoms with van der Waals surface area (Å²) in [6.45, 7) is 6.85. The van der Waals surface area contributed by atoms with Gasteiger partial charge in [-0.15, -0.1) is 0 Å². The molecule has 0 radical (unpaired) electrons. The number of rotatable bonds is 2. The maximum atomic E-state index is 13.8. The van der Waals surface area contributed by atoms with Crippen LogP contribution in [-0.4, -0.2) is 24.0 Å². The van der Waals surface area contributed by atoms with Crippen LogP contribution in [0.2, 0.25) is 0 Å².